The van der Waals surface area contributed by atoms with Gasteiger partial charge in [-0.05, 0) is 18.6 Å². The second-order valence-electron chi connectivity index (χ2n) is 4.13. The summed E-state index contributed by atoms with van der Waals surface area (Å²) in [6.07, 6.45) is -0.0394. The minimum atomic E-state index is -1.94. The van der Waals surface area contributed by atoms with Gasteiger partial charge in [-0.25, -0.2) is 4.39 Å². The van der Waals surface area contributed by atoms with E-state index in [0.29, 0.717) is 5.56 Å². The van der Waals surface area contributed by atoms with Crippen LogP contribution in [-0.4, -0.2) is 33.8 Å². The zero-order chi connectivity index (χ0) is 13.2. The van der Waals surface area contributed by atoms with Crippen molar-refractivity contribution < 1.29 is 24.3 Å². The molecule has 5 N–H and O–H groups in total. The van der Waals surface area contributed by atoms with Crippen molar-refractivity contribution in [2.45, 2.75) is 18.9 Å². The molecule has 1 atom stereocenters. The van der Waals surface area contributed by atoms with Gasteiger partial charge in [-0.15, -0.1) is 0 Å². The predicted octanol–water partition coefficient (Wildman–Crippen LogP) is -1.15. The summed E-state index contributed by atoms with van der Waals surface area (Å²) < 4.78 is 13.1. The second-order valence-corrected chi connectivity index (χ2v) is 4.13. The molecule has 92 valence electrons. The van der Waals surface area contributed by atoms with Gasteiger partial charge in [-0.3, -0.25) is 4.79 Å². The van der Waals surface area contributed by atoms with Crippen LogP contribution in [0.25, 0.3) is 0 Å². The van der Waals surface area contributed by atoms with Crippen molar-refractivity contribution in [1.82, 2.24) is 0 Å². The molecule has 0 radical (unpaired) electrons. The number of carboxylic acid groups (broad SMARTS) is 1. The summed E-state index contributed by atoms with van der Waals surface area (Å²) in [6, 6.07) is 3.59. The van der Waals surface area contributed by atoms with Gasteiger partial charge in [0.05, 0.1) is 0 Å². The van der Waals surface area contributed by atoms with Crippen LogP contribution in [0.3, 0.4) is 0 Å². The van der Waals surface area contributed by atoms with Crippen molar-refractivity contribution >= 4 is 18.6 Å². The van der Waals surface area contributed by atoms with E-state index < -0.39 is 24.4 Å². The lowest BCUT2D eigenvalue weighted by Gasteiger charge is -2.19. The molecule has 1 aromatic carbocycles. The molecule has 0 amide bonds. The highest BCUT2D eigenvalue weighted by Gasteiger charge is 2.29. The van der Waals surface area contributed by atoms with Crippen molar-refractivity contribution in [3.05, 3.63) is 29.6 Å². The van der Waals surface area contributed by atoms with Gasteiger partial charge in [0.2, 0.25) is 0 Å². The monoisotopic (exact) mass is 241 g/mol. The highest BCUT2D eigenvalue weighted by Crippen LogP contribution is 2.11. The Bertz CT molecular complexity index is 436. The van der Waals surface area contributed by atoms with Crippen molar-refractivity contribution in [3.8, 4) is 0 Å². The quantitative estimate of drug-likeness (QED) is 0.498. The molecular formula is C10H13BFNO4. The highest BCUT2D eigenvalue weighted by molar-refractivity contribution is 6.58. The van der Waals surface area contributed by atoms with Gasteiger partial charge >= 0.3 is 13.1 Å². The molecule has 1 rings (SSSR count). The molecule has 0 spiro atoms. The molecule has 5 nitrogen and oxygen atoms in total. The predicted molar refractivity (Wildman–Crippen MR) is 60.2 cm³/mol. The maximum absolute atomic E-state index is 13.1. The van der Waals surface area contributed by atoms with Crippen LogP contribution >= 0.6 is 0 Å². The van der Waals surface area contributed by atoms with E-state index in [1.165, 1.54) is 19.1 Å². The Morgan fingerprint density at radius 1 is 1.53 bits per heavy atom. The lowest BCUT2D eigenvalue weighted by molar-refractivity contribution is -0.142. The number of aliphatic carboxylic acids is 1. The molecule has 1 aromatic rings. The van der Waals surface area contributed by atoms with Crippen molar-refractivity contribution in [3.63, 3.8) is 0 Å². The number of rotatable bonds is 4. The van der Waals surface area contributed by atoms with E-state index >= 15 is 0 Å². The maximum Gasteiger partial charge on any atom is 0.491 e. The second kappa shape index (κ2) is 4.83. The first kappa shape index (κ1) is 13.6. The fourth-order valence-corrected chi connectivity index (χ4v) is 1.40. The number of benzene rings is 1. The lowest BCUT2D eigenvalue weighted by Crippen LogP contribution is -2.47. The number of hydrogen-bond acceptors (Lipinski definition) is 4. The first-order chi connectivity index (χ1) is 7.74. The van der Waals surface area contributed by atoms with Gasteiger partial charge in [-0.1, -0.05) is 12.1 Å². The van der Waals surface area contributed by atoms with E-state index in [1.807, 2.05) is 0 Å². The van der Waals surface area contributed by atoms with E-state index in [4.69, 9.17) is 20.9 Å². The smallest absolute Gasteiger partial charge is 0.480 e. The SMILES string of the molecule is C[C@@](N)(Cc1ccc(F)c(B(O)O)c1)C(=O)O. The maximum atomic E-state index is 13.1. The van der Waals surface area contributed by atoms with Crippen molar-refractivity contribution in [2.24, 2.45) is 5.73 Å². The lowest BCUT2D eigenvalue weighted by atomic mass is 9.78. The first-order valence-electron chi connectivity index (χ1n) is 4.91. The van der Waals surface area contributed by atoms with Crippen LogP contribution in [0.15, 0.2) is 18.2 Å². The van der Waals surface area contributed by atoms with Gasteiger partial charge in [0.25, 0.3) is 0 Å². The van der Waals surface area contributed by atoms with E-state index in [9.17, 15) is 9.18 Å². The van der Waals surface area contributed by atoms with Crippen LogP contribution in [0.4, 0.5) is 4.39 Å². The van der Waals surface area contributed by atoms with E-state index in [0.717, 1.165) is 6.07 Å². The number of carbonyl (C=O) groups is 1. The Labute approximate surface area is 97.8 Å². The number of carboxylic acids is 1. The Kier molecular flexibility index (Phi) is 3.87. The molecule has 0 aromatic heterocycles. The van der Waals surface area contributed by atoms with Crippen molar-refractivity contribution in [1.29, 1.82) is 0 Å². The average molecular weight is 241 g/mol. The third-order valence-corrected chi connectivity index (χ3v) is 2.40. The highest BCUT2D eigenvalue weighted by atomic mass is 19.1. The minimum absolute atomic E-state index is 0.0394. The molecule has 0 saturated heterocycles. The summed E-state index contributed by atoms with van der Waals surface area (Å²) in [4.78, 5) is 10.8. The Morgan fingerprint density at radius 2 is 2.12 bits per heavy atom. The summed E-state index contributed by atoms with van der Waals surface area (Å²) in [7, 11) is -1.94. The fourth-order valence-electron chi connectivity index (χ4n) is 1.40. The summed E-state index contributed by atoms with van der Waals surface area (Å²) in [5.41, 5.74) is 4.16. The third kappa shape index (κ3) is 3.26. The number of halogens is 1. The molecular weight excluding hydrogens is 228 g/mol. The van der Waals surface area contributed by atoms with Crippen LogP contribution in [0.5, 0.6) is 0 Å². The molecule has 17 heavy (non-hydrogen) atoms. The molecule has 0 saturated carbocycles. The summed E-state index contributed by atoms with van der Waals surface area (Å²) in [6.45, 7) is 1.33. The van der Waals surface area contributed by atoms with E-state index in [1.54, 1.807) is 0 Å². The van der Waals surface area contributed by atoms with Gasteiger partial charge in [0.1, 0.15) is 11.4 Å². The van der Waals surface area contributed by atoms with Crippen molar-refractivity contribution in [2.75, 3.05) is 0 Å². The third-order valence-electron chi connectivity index (χ3n) is 2.40. The average Bonchev–Trinajstić information content (AvgIpc) is 2.20. The van der Waals surface area contributed by atoms with Gasteiger partial charge in [-0.2, -0.15) is 0 Å². The molecule has 0 heterocycles. The summed E-state index contributed by atoms with van der Waals surface area (Å²) >= 11 is 0. The van der Waals surface area contributed by atoms with Crippen LogP contribution < -0.4 is 11.2 Å². The van der Waals surface area contributed by atoms with Gasteiger partial charge in [0.15, 0.2) is 0 Å². The number of hydrogen-bond donors (Lipinski definition) is 4. The Balaban J connectivity index is 3.01. The molecule has 0 fully saturated rings. The van der Waals surface area contributed by atoms with Crippen LogP contribution in [0, 0.1) is 5.82 Å². The molecule has 0 aliphatic heterocycles. The Morgan fingerprint density at radius 3 is 2.59 bits per heavy atom. The largest absolute Gasteiger partial charge is 0.491 e. The molecule has 0 aliphatic carbocycles. The zero-order valence-electron chi connectivity index (χ0n) is 9.22. The van der Waals surface area contributed by atoms with Gasteiger partial charge < -0.3 is 20.9 Å². The van der Waals surface area contributed by atoms with Crippen LogP contribution in [0.2, 0.25) is 0 Å². The normalized spacial score (nSPS) is 14.2. The molecule has 0 unspecified atom stereocenters. The van der Waals surface area contributed by atoms with Crippen LogP contribution in [-0.2, 0) is 11.2 Å². The van der Waals surface area contributed by atoms with Crippen LogP contribution in [0.1, 0.15) is 12.5 Å². The summed E-state index contributed by atoms with van der Waals surface area (Å²) in [5, 5.41) is 26.6. The number of nitrogens with two attached hydrogens (primary N) is 1. The molecule has 0 aliphatic rings. The van der Waals surface area contributed by atoms with E-state index in [2.05, 4.69) is 0 Å². The Hall–Kier alpha value is -1.44. The first-order valence-corrected chi connectivity index (χ1v) is 4.91. The minimum Gasteiger partial charge on any atom is -0.480 e. The molecule has 0 bridgehead atoms. The van der Waals surface area contributed by atoms with E-state index in [-0.39, 0.29) is 11.9 Å². The summed E-state index contributed by atoms with van der Waals surface area (Å²) in [5.74, 6) is -1.95. The molecule has 7 heteroatoms. The zero-order valence-corrected chi connectivity index (χ0v) is 9.22. The fraction of sp³-hybridized carbons (Fsp3) is 0.300. The topological polar surface area (TPSA) is 104 Å². The van der Waals surface area contributed by atoms with Gasteiger partial charge in [0, 0.05) is 11.9 Å². The standard InChI is InChI=1S/C10H13BFNO4/c1-10(13,9(14)15)5-6-2-3-8(12)7(4-6)11(16)17/h2-4,16-17H,5,13H2,1H3,(H,14,15)/t10-/m1/s1.